The molecule has 0 amide bonds. The van der Waals surface area contributed by atoms with E-state index < -0.39 is 0 Å². The van der Waals surface area contributed by atoms with Crippen LogP contribution >= 0.6 is 0 Å². The van der Waals surface area contributed by atoms with Crippen LogP contribution in [0.4, 0.5) is 0 Å². The lowest BCUT2D eigenvalue weighted by molar-refractivity contribution is 0.220. The summed E-state index contributed by atoms with van der Waals surface area (Å²) in [6.45, 7) is 9.83. The van der Waals surface area contributed by atoms with Crippen LogP contribution in [0.5, 0.6) is 0 Å². The van der Waals surface area contributed by atoms with Crippen LogP contribution in [-0.2, 0) is 6.54 Å². The largest absolute Gasteiger partial charge is 0.384 e. The third kappa shape index (κ3) is 4.67. The van der Waals surface area contributed by atoms with Gasteiger partial charge < -0.3 is 5.73 Å². The molecule has 0 aliphatic rings. The van der Waals surface area contributed by atoms with Crippen molar-refractivity contribution >= 4 is 5.84 Å². The van der Waals surface area contributed by atoms with E-state index in [1.54, 1.807) is 0 Å². The highest BCUT2D eigenvalue weighted by molar-refractivity contribution is 5.95. The Bertz CT molecular complexity index is 438. The van der Waals surface area contributed by atoms with Gasteiger partial charge in [0.05, 0.1) is 0 Å². The molecule has 0 spiro atoms. The molecule has 1 unspecified atom stereocenters. The lowest BCUT2D eigenvalue weighted by Gasteiger charge is -2.27. The fourth-order valence-electron chi connectivity index (χ4n) is 2.33. The number of hydrogen-bond acceptors (Lipinski definition) is 2. The van der Waals surface area contributed by atoms with Gasteiger partial charge in [-0.2, -0.15) is 0 Å². The van der Waals surface area contributed by atoms with Crippen LogP contribution < -0.4 is 5.73 Å². The first-order valence-electron chi connectivity index (χ1n) is 6.95. The second-order valence-corrected chi connectivity index (χ2v) is 5.95. The minimum Gasteiger partial charge on any atom is -0.384 e. The van der Waals surface area contributed by atoms with Gasteiger partial charge in [-0.05, 0) is 50.4 Å². The first-order chi connectivity index (χ1) is 8.81. The molecule has 0 saturated heterocycles. The van der Waals surface area contributed by atoms with E-state index in [4.69, 9.17) is 11.1 Å². The van der Waals surface area contributed by atoms with Gasteiger partial charge in [0.15, 0.2) is 0 Å². The minimum absolute atomic E-state index is 0.135. The second kappa shape index (κ2) is 6.71. The summed E-state index contributed by atoms with van der Waals surface area (Å²) in [5.74, 6) is 0.856. The molecule has 0 radical (unpaired) electrons. The summed E-state index contributed by atoms with van der Waals surface area (Å²) >= 11 is 0. The molecule has 0 fully saturated rings. The number of hydrogen-bond donors (Lipinski definition) is 2. The van der Waals surface area contributed by atoms with E-state index in [1.807, 2.05) is 12.1 Å². The number of aryl methyl sites for hydroxylation is 1. The van der Waals surface area contributed by atoms with E-state index in [0.29, 0.717) is 6.04 Å². The zero-order valence-corrected chi connectivity index (χ0v) is 12.8. The van der Waals surface area contributed by atoms with Gasteiger partial charge in [0, 0.05) is 18.2 Å². The minimum atomic E-state index is 0.135. The predicted octanol–water partition coefficient (Wildman–Crippen LogP) is 3.15. The Hall–Kier alpha value is -1.35. The standard InChI is InChI=1S/C16H27N3/c1-11(2)8-13(4)19(5)10-15-7-6-14(16(17)18)9-12(15)3/h6-7,9,11,13H,8,10H2,1-5H3,(H3,17,18). The molecule has 1 aromatic carbocycles. The lowest BCUT2D eigenvalue weighted by atomic mass is 10.0. The Morgan fingerprint density at radius 2 is 1.95 bits per heavy atom. The van der Waals surface area contributed by atoms with Gasteiger partial charge in [-0.1, -0.05) is 26.0 Å². The molecule has 0 aliphatic heterocycles. The van der Waals surface area contributed by atoms with Crippen LogP contribution in [0.3, 0.4) is 0 Å². The van der Waals surface area contributed by atoms with Crippen LogP contribution in [0.1, 0.15) is 43.9 Å². The summed E-state index contributed by atoms with van der Waals surface area (Å²) in [5.41, 5.74) is 8.83. The van der Waals surface area contributed by atoms with E-state index in [9.17, 15) is 0 Å². The fraction of sp³-hybridized carbons (Fsp3) is 0.562. The van der Waals surface area contributed by atoms with Crippen molar-refractivity contribution in [3.8, 4) is 0 Å². The van der Waals surface area contributed by atoms with Crippen LogP contribution in [-0.4, -0.2) is 23.8 Å². The highest BCUT2D eigenvalue weighted by Gasteiger charge is 2.12. The molecule has 0 bridgehead atoms. The first-order valence-corrected chi connectivity index (χ1v) is 6.95. The summed E-state index contributed by atoms with van der Waals surface area (Å²) in [7, 11) is 2.17. The van der Waals surface area contributed by atoms with Crippen LogP contribution in [0, 0.1) is 18.3 Å². The molecule has 0 heterocycles. The molecule has 3 nitrogen and oxygen atoms in total. The van der Waals surface area contributed by atoms with Gasteiger partial charge in [-0.3, -0.25) is 10.3 Å². The maximum absolute atomic E-state index is 7.46. The van der Waals surface area contributed by atoms with E-state index in [1.165, 1.54) is 17.5 Å². The maximum Gasteiger partial charge on any atom is 0.122 e. The number of amidine groups is 1. The highest BCUT2D eigenvalue weighted by atomic mass is 15.1. The van der Waals surface area contributed by atoms with Crippen molar-refractivity contribution in [2.75, 3.05) is 7.05 Å². The number of nitrogens with one attached hydrogen (secondary N) is 1. The van der Waals surface area contributed by atoms with Crippen LogP contribution in [0.2, 0.25) is 0 Å². The Morgan fingerprint density at radius 3 is 2.42 bits per heavy atom. The predicted molar refractivity (Wildman–Crippen MR) is 82.6 cm³/mol. The Morgan fingerprint density at radius 1 is 1.32 bits per heavy atom. The Kier molecular flexibility index (Phi) is 5.55. The van der Waals surface area contributed by atoms with Crippen molar-refractivity contribution in [2.24, 2.45) is 11.7 Å². The molecule has 3 heteroatoms. The van der Waals surface area contributed by atoms with E-state index >= 15 is 0 Å². The summed E-state index contributed by atoms with van der Waals surface area (Å²) in [6, 6.07) is 6.60. The molecule has 106 valence electrons. The van der Waals surface area contributed by atoms with Crippen molar-refractivity contribution in [3.63, 3.8) is 0 Å². The van der Waals surface area contributed by atoms with E-state index in [2.05, 4.69) is 45.7 Å². The maximum atomic E-state index is 7.46. The van der Waals surface area contributed by atoms with Crippen molar-refractivity contribution < 1.29 is 0 Å². The number of benzene rings is 1. The number of nitrogens with two attached hydrogens (primary N) is 1. The van der Waals surface area contributed by atoms with Gasteiger partial charge in [0.25, 0.3) is 0 Å². The monoisotopic (exact) mass is 261 g/mol. The zero-order chi connectivity index (χ0) is 14.6. The number of rotatable bonds is 6. The topological polar surface area (TPSA) is 53.1 Å². The zero-order valence-electron chi connectivity index (χ0n) is 12.8. The van der Waals surface area contributed by atoms with Gasteiger partial charge in [-0.25, -0.2) is 0 Å². The van der Waals surface area contributed by atoms with E-state index in [-0.39, 0.29) is 5.84 Å². The summed E-state index contributed by atoms with van der Waals surface area (Å²) in [5, 5.41) is 7.46. The normalized spacial score (nSPS) is 13.0. The molecule has 1 atom stereocenters. The van der Waals surface area contributed by atoms with Gasteiger partial charge >= 0.3 is 0 Å². The summed E-state index contributed by atoms with van der Waals surface area (Å²) in [6.07, 6.45) is 1.21. The van der Waals surface area contributed by atoms with Crippen LogP contribution in [0.25, 0.3) is 0 Å². The molecule has 3 N–H and O–H groups in total. The molecule has 1 rings (SSSR count). The molecule has 0 aliphatic carbocycles. The summed E-state index contributed by atoms with van der Waals surface area (Å²) in [4.78, 5) is 2.38. The quantitative estimate of drug-likeness (QED) is 0.610. The van der Waals surface area contributed by atoms with Crippen molar-refractivity contribution in [1.82, 2.24) is 4.90 Å². The summed E-state index contributed by atoms with van der Waals surface area (Å²) < 4.78 is 0. The van der Waals surface area contributed by atoms with Gasteiger partial charge in [0.2, 0.25) is 0 Å². The first kappa shape index (κ1) is 15.7. The van der Waals surface area contributed by atoms with Crippen molar-refractivity contribution in [2.45, 2.75) is 46.7 Å². The third-order valence-electron chi connectivity index (χ3n) is 3.64. The molecule has 1 aromatic rings. The Balaban J connectivity index is 2.74. The smallest absolute Gasteiger partial charge is 0.122 e. The molecular weight excluding hydrogens is 234 g/mol. The Labute approximate surface area is 117 Å². The highest BCUT2D eigenvalue weighted by Crippen LogP contribution is 2.16. The molecular formula is C16H27N3. The average molecular weight is 261 g/mol. The van der Waals surface area contributed by atoms with Crippen LogP contribution in [0.15, 0.2) is 18.2 Å². The third-order valence-corrected chi connectivity index (χ3v) is 3.64. The SMILES string of the molecule is Cc1cc(C(=N)N)ccc1CN(C)C(C)CC(C)C. The van der Waals surface area contributed by atoms with Gasteiger partial charge in [0.1, 0.15) is 5.84 Å². The van der Waals surface area contributed by atoms with E-state index in [0.717, 1.165) is 18.0 Å². The molecule has 0 saturated carbocycles. The molecule has 0 aromatic heterocycles. The van der Waals surface area contributed by atoms with Crippen molar-refractivity contribution in [1.29, 1.82) is 5.41 Å². The van der Waals surface area contributed by atoms with Gasteiger partial charge in [-0.15, -0.1) is 0 Å². The number of nitrogen functional groups attached to an aromatic ring is 1. The lowest BCUT2D eigenvalue weighted by Crippen LogP contribution is -2.30. The average Bonchev–Trinajstić information content (AvgIpc) is 2.30. The number of nitrogens with zero attached hydrogens (tertiary/aromatic N) is 1. The van der Waals surface area contributed by atoms with Crippen molar-refractivity contribution in [3.05, 3.63) is 34.9 Å². The second-order valence-electron chi connectivity index (χ2n) is 5.95. The molecule has 19 heavy (non-hydrogen) atoms. The fourth-order valence-corrected chi connectivity index (χ4v) is 2.33.